The minimum Gasteiger partial charge on any atom is -0.375 e. The summed E-state index contributed by atoms with van der Waals surface area (Å²) in [4.78, 5) is 13.0. The molecule has 0 spiro atoms. The van der Waals surface area contributed by atoms with Crippen LogP contribution in [0.25, 0.3) is 0 Å². The normalized spacial score (nSPS) is 11.5. The molecule has 0 aliphatic carbocycles. The van der Waals surface area contributed by atoms with Crippen LogP contribution in [0.1, 0.15) is 33.6 Å². The Balaban J connectivity index is 3.63. The van der Waals surface area contributed by atoms with E-state index < -0.39 is 0 Å². The number of carbonyl (C=O) groups excluding carboxylic acids is 1. The Morgan fingerprint density at radius 3 is 2.36 bits per heavy atom. The van der Waals surface area contributed by atoms with Gasteiger partial charge in [0, 0.05) is 20.7 Å². The molecule has 0 fully saturated rings. The number of hydrogen-bond donors (Lipinski definition) is 0. The number of nitrogens with zero attached hydrogens (tertiary/aromatic N) is 1. The minimum absolute atomic E-state index is 0.0569. The van der Waals surface area contributed by atoms with Crippen LogP contribution in [-0.2, 0) is 9.53 Å². The standard InChI is InChI=1S/C11H23NO2/c1-11(2,3)7-6-8-12(4)10(13)9-14-5/h6-9H2,1-5H3. The molecule has 0 bridgehead atoms. The van der Waals surface area contributed by atoms with Gasteiger partial charge < -0.3 is 9.64 Å². The van der Waals surface area contributed by atoms with Gasteiger partial charge in [0.15, 0.2) is 0 Å². The number of rotatable bonds is 5. The number of amides is 1. The average molecular weight is 201 g/mol. The van der Waals surface area contributed by atoms with E-state index >= 15 is 0 Å². The van der Waals surface area contributed by atoms with Crippen molar-refractivity contribution in [2.75, 3.05) is 27.3 Å². The zero-order chi connectivity index (χ0) is 11.2. The maximum absolute atomic E-state index is 11.3. The highest BCUT2D eigenvalue weighted by Gasteiger charge is 2.12. The fourth-order valence-electron chi connectivity index (χ4n) is 1.20. The number of hydrogen-bond acceptors (Lipinski definition) is 2. The summed E-state index contributed by atoms with van der Waals surface area (Å²) in [6.45, 7) is 7.64. The van der Waals surface area contributed by atoms with Crippen molar-refractivity contribution < 1.29 is 9.53 Å². The van der Waals surface area contributed by atoms with Gasteiger partial charge in [-0.15, -0.1) is 0 Å². The van der Waals surface area contributed by atoms with Crippen LogP contribution >= 0.6 is 0 Å². The fraction of sp³-hybridized carbons (Fsp3) is 0.909. The Kier molecular flexibility index (Phi) is 5.77. The minimum atomic E-state index is 0.0569. The molecule has 0 aliphatic heterocycles. The van der Waals surface area contributed by atoms with Crippen molar-refractivity contribution in [1.29, 1.82) is 0 Å². The summed E-state index contributed by atoms with van der Waals surface area (Å²) in [5, 5.41) is 0. The van der Waals surface area contributed by atoms with E-state index in [1.54, 1.807) is 12.0 Å². The van der Waals surface area contributed by atoms with Gasteiger partial charge in [-0.1, -0.05) is 20.8 Å². The van der Waals surface area contributed by atoms with Gasteiger partial charge in [0.05, 0.1) is 0 Å². The van der Waals surface area contributed by atoms with Gasteiger partial charge in [0.1, 0.15) is 6.61 Å². The molecular weight excluding hydrogens is 178 g/mol. The van der Waals surface area contributed by atoms with Gasteiger partial charge in [0.2, 0.25) is 5.91 Å². The van der Waals surface area contributed by atoms with E-state index in [1.807, 2.05) is 7.05 Å². The smallest absolute Gasteiger partial charge is 0.248 e. The molecule has 3 heteroatoms. The fourth-order valence-corrected chi connectivity index (χ4v) is 1.20. The number of methoxy groups -OCH3 is 1. The van der Waals surface area contributed by atoms with E-state index in [1.165, 1.54) is 0 Å². The first-order valence-electron chi connectivity index (χ1n) is 5.10. The van der Waals surface area contributed by atoms with Crippen molar-refractivity contribution in [2.24, 2.45) is 5.41 Å². The molecule has 14 heavy (non-hydrogen) atoms. The first kappa shape index (κ1) is 13.4. The molecule has 0 aliphatic rings. The zero-order valence-corrected chi connectivity index (χ0v) is 10.1. The molecule has 0 N–H and O–H groups in total. The predicted octanol–water partition coefficient (Wildman–Crippen LogP) is 1.92. The molecule has 0 aromatic heterocycles. The Labute approximate surface area is 87.4 Å². The first-order chi connectivity index (χ1) is 6.37. The van der Waals surface area contributed by atoms with Gasteiger partial charge in [-0.3, -0.25) is 4.79 Å². The van der Waals surface area contributed by atoms with Crippen molar-refractivity contribution in [3.63, 3.8) is 0 Å². The van der Waals surface area contributed by atoms with Crippen molar-refractivity contribution in [3.05, 3.63) is 0 Å². The molecule has 0 rings (SSSR count). The summed E-state index contributed by atoms with van der Waals surface area (Å²) in [5.74, 6) is 0.0569. The van der Waals surface area contributed by atoms with Crippen molar-refractivity contribution >= 4 is 5.91 Å². The Morgan fingerprint density at radius 2 is 1.93 bits per heavy atom. The van der Waals surface area contributed by atoms with Crippen LogP contribution in [0.3, 0.4) is 0 Å². The Bertz CT molecular complexity index is 173. The van der Waals surface area contributed by atoms with Crippen LogP contribution in [-0.4, -0.2) is 38.1 Å². The maximum Gasteiger partial charge on any atom is 0.248 e. The van der Waals surface area contributed by atoms with Crippen LogP contribution in [0.2, 0.25) is 0 Å². The second-order valence-electron chi connectivity index (χ2n) is 4.91. The third-order valence-electron chi connectivity index (χ3n) is 2.11. The molecule has 0 radical (unpaired) electrons. The molecule has 0 saturated heterocycles. The molecule has 0 aromatic carbocycles. The summed E-state index contributed by atoms with van der Waals surface area (Å²) < 4.78 is 4.78. The van der Waals surface area contributed by atoms with Crippen LogP contribution in [0.5, 0.6) is 0 Å². The third-order valence-corrected chi connectivity index (χ3v) is 2.11. The van der Waals surface area contributed by atoms with E-state index in [0.717, 1.165) is 19.4 Å². The average Bonchev–Trinajstić information content (AvgIpc) is 2.02. The SMILES string of the molecule is COCC(=O)N(C)CCCC(C)(C)C. The molecular formula is C11H23NO2. The quantitative estimate of drug-likeness (QED) is 0.680. The highest BCUT2D eigenvalue weighted by atomic mass is 16.5. The highest BCUT2D eigenvalue weighted by molar-refractivity contribution is 5.77. The second kappa shape index (κ2) is 6.02. The van der Waals surface area contributed by atoms with Crippen molar-refractivity contribution in [3.8, 4) is 0 Å². The second-order valence-corrected chi connectivity index (χ2v) is 4.91. The topological polar surface area (TPSA) is 29.5 Å². The lowest BCUT2D eigenvalue weighted by Crippen LogP contribution is -2.31. The largest absolute Gasteiger partial charge is 0.375 e. The molecule has 0 aromatic rings. The summed E-state index contributed by atoms with van der Waals surface area (Å²) in [5.41, 5.74) is 0.352. The Hall–Kier alpha value is -0.570. The van der Waals surface area contributed by atoms with Crippen LogP contribution < -0.4 is 0 Å². The van der Waals surface area contributed by atoms with Crippen LogP contribution in [0.15, 0.2) is 0 Å². The van der Waals surface area contributed by atoms with Gasteiger partial charge in [0.25, 0.3) is 0 Å². The van der Waals surface area contributed by atoms with Gasteiger partial charge in [-0.2, -0.15) is 0 Å². The number of likely N-dealkylation sites (N-methyl/N-ethyl adjacent to an activating group) is 1. The molecule has 0 saturated carbocycles. The van der Waals surface area contributed by atoms with E-state index in [2.05, 4.69) is 20.8 Å². The van der Waals surface area contributed by atoms with Crippen molar-refractivity contribution in [1.82, 2.24) is 4.90 Å². The predicted molar refractivity (Wildman–Crippen MR) is 58.2 cm³/mol. The summed E-state index contributed by atoms with van der Waals surface area (Å²) in [6.07, 6.45) is 2.19. The highest BCUT2D eigenvalue weighted by Crippen LogP contribution is 2.20. The summed E-state index contributed by atoms with van der Waals surface area (Å²) >= 11 is 0. The van der Waals surface area contributed by atoms with Gasteiger partial charge in [-0.25, -0.2) is 0 Å². The van der Waals surface area contributed by atoms with Crippen LogP contribution in [0, 0.1) is 5.41 Å². The lowest BCUT2D eigenvalue weighted by atomic mass is 9.90. The number of ether oxygens (including phenoxy) is 1. The Morgan fingerprint density at radius 1 is 1.36 bits per heavy atom. The summed E-state index contributed by atoms with van der Waals surface area (Å²) in [6, 6.07) is 0. The van der Waals surface area contributed by atoms with Crippen LogP contribution in [0.4, 0.5) is 0 Å². The molecule has 0 atom stereocenters. The van der Waals surface area contributed by atoms with E-state index in [9.17, 15) is 4.79 Å². The lowest BCUT2D eigenvalue weighted by molar-refractivity contribution is -0.133. The monoisotopic (exact) mass is 201 g/mol. The summed E-state index contributed by atoms with van der Waals surface area (Å²) in [7, 11) is 3.37. The maximum atomic E-state index is 11.3. The lowest BCUT2D eigenvalue weighted by Gasteiger charge is -2.21. The van der Waals surface area contributed by atoms with E-state index in [4.69, 9.17) is 4.74 Å². The molecule has 0 heterocycles. The van der Waals surface area contributed by atoms with Gasteiger partial charge in [-0.05, 0) is 18.3 Å². The molecule has 1 amide bonds. The van der Waals surface area contributed by atoms with Crippen molar-refractivity contribution in [2.45, 2.75) is 33.6 Å². The van der Waals surface area contributed by atoms with E-state index in [-0.39, 0.29) is 12.5 Å². The van der Waals surface area contributed by atoms with E-state index in [0.29, 0.717) is 5.41 Å². The van der Waals surface area contributed by atoms with Gasteiger partial charge >= 0.3 is 0 Å². The zero-order valence-electron chi connectivity index (χ0n) is 10.1. The number of carbonyl (C=O) groups is 1. The first-order valence-corrected chi connectivity index (χ1v) is 5.10. The molecule has 84 valence electrons. The molecule has 3 nitrogen and oxygen atoms in total. The molecule has 0 unspecified atom stereocenters. The third kappa shape index (κ3) is 6.89.